The van der Waals surface area contributed by atoms with Crippen LogP contribution in [0.3, 0.4) is 0 Å². The van der Waals surface area contributed by atoms with Crippen molar-refractivity contribution in [3.05, 3.63) is 58.0 Å². The Morgan fingerprint density at radius 1 is 1.30 bits per heavy atom. The van der Waals surface area contributed by atoms with Gasteiger partial charge in [-0.15, -0.1) is 0 Å². The van der Waals surface area contributed by atoms with E-state index in [1.807, 2.05) is 0 Å². The lowest BCUT2D eigenvalue weighted by molar-refractivity contribution is -0.385. The summed E-state index contributed by atoms with van der Waals surface area (Å²) in [5, 5.41) is 22.9. The van der Waals surface area contributed by atoms with Crippen molar-refractivity contribution >= 4 is 28.4 Å². The van der Waals surface area contributed by atoms with E-state index < -0.39 is 22.3 Å². The van der Waals surface area contributed by atoms with Crippen molar-refractivity contribution in [2.45, 2.75) is 6.92 Å². The Balaban J connectivity index is 1.85. The van der Waals surface area contributed by atoms with E-state index in [-0.39, 0.29) is 5.56 Å². The molecule has 23 heavy (non-hydrogen) atoms. The standard InChI is InChI=1S/C15H11N3O5/c1-8-16-11-7-10(3-5-14(11)23-8)17-15(20)9-2-4-12(18(21)22)13(19)6-9/h2-7,19H,1H3,(H,17,20). The zero-order valence-electron chi connectivity index (χ0n) is 11.9. The van der Waals surface area contributed by atoms with Crippen LogP contribution in [0.25, 0.3) is 11.1 Å². The van der Waals surface area contributed by atoms with Gasteiger partial charge in [-0.1, -0.05) is 0 Å². The van der Waals surface area contributed by atoms with E-state index in [4.69, 9.17) is 4.42 Å². The van der Waals surface area contributed by atoms with Crippen LogP contribution < -0.4 is 5.32 Å². The number of nitro groups is 1. The van der Waals surface area contributed by atoms with Gasteiger partial charge in [0.25, 0.3) is 5.91 Å². The lowest BCUT2D eigenvalue weighted by Crippen LogP contribution is -2.11. The number of nitrogens with one attached hydrogen (secondary N) is 1. The molecule has 0 radical (unpaired) electrons. The third kappa shape index (κ3) is 2.82. The highest BCUT2D eigenvalue weighted by Gasteiger charge is 2.16. The van der Waals surface area contributed by atoms with E-state index in [0.717, 1.165) is 12.1 Å². The van der Waals surface area contributed by atoms with E-state index in [2.05, 4.69) is 10.3 Å². The number of amides is 1. The predicted molar refractivity (Wildman–Crippen MR) is 81.5 cm³/mol. The van der Waals surface area contributed by atoms with Gasteiger partial charge < -0.3 is 14.8 Å². The van der Waals surface area contributed by atoms with Gasteiger partial charge in [-0.25, -0.2) is 4.98 Å². The highest BCUT2D eigenvalue weighted by molar-refractivity contribution is 6.05. The number of aromatic hydroxyl groups is 1. The minimum absolute atomic E-state index is 0.101. The van der Waals surface area contributed by atoms with Gasteiger partial charge in [-0.2, -0.15) is 0 Å². The molecule has 0 fully saturated rings. The molecular weight excluding hydrogens is 302 g/mol. The Labute approximate surface area is 129 Å². The largest absolute Gasteiger partial charge is 0.502 e. The van der Waals surface area contributed by atoms with Crippen LogP contribution in [-0.4, -0.2) is 20.9 Å². The molecular formula is C15H11N3O5. The summed E-state index contributed by atoms with van der Waals surface area (Å²) < 4.78 is 5.34. The van der Waals surface area contributed by atoms with Crippen LogP contribution in [0.1, 0.15) is 16.2 Å². The van der Waals surface area contributed by atoms with Gasteiger partial charge >= 0.3 is 5.69 Å². The lowest BCUT2D eigenvalue weighted by atomic mass is 10.1. The molecule has 0 saturated heterocycles. The first-order chi connectivity index (χ1) is 10.9. The van der Waals surface area contributed by atoms with Gasteiger partial charge in [0, 0.05) is 24.2 Å². The fourth-order valence-corrected chi connectivity index (χ4v) is 2.14. The van der Waals surface area contributed by atoms with Gasteiger partial charge in [0.15, 0.2) is 17.2 Å². The molecule has 1 aromatic heterocycles. The van der Waals surface area contributed by atoms with Crippen LogP contribution >= 0.6 is 0 Å². The Bertz CT molecular complexity index is 932. The second-order valence-corrected chi connectivity index (χ2v) is 4.83. The van der Waals surface area contributed by atoms with Crippen LogP contribution in [0.4, 0.5) is 11.4 Å². The maximum atomic E-state index is 12.2. The van der Waals surface area contributed by atoms with Gasteiger partial charge in [0.05, 0.1) is 4.92 Å². The van der Waals surface area contributed by atoms with Crippen molar-refractivity contribution in [1.82, 2.24) is 4.98 Å². The van der Waals surface area contributed by atoms with Crippen molar-refractivity contribution in [3.8, 4) is 5.75 Å². The average molecular weight is 313 g/mol. The van der Waals surface area contributed by atoms with E-state index in [0.29, 0.717) is 22.7 Å². The minimum atomic E-state index is -0.724. The molecule has 1 heterocycles. The number of carbonyl (C=O) groups excluding carboxylic acids is 1. The molecule has 0 aliphatic rings. The van der Waals surface area contributed by atoms with E-state index in [9.17, 15) is 20.0 Å². The third-order valence-electron chi connectivity index (χ3n) is 3.19. The highest BCUT2D eigenvalue weighted by atomic mass is 16.6. The maximum Gasteiger partial charge on any atom is 0.310 e. The van der Waals surface area contributed by atoms with Crippen LogP contribution in [0.2, 0.25) is 0 Å². The average Bonchev–Trinajstić information content (AvgIpc) is 2.86. The molecule has 2 N–H and O–H groups in total. The second-order valence-electron chi connectivity index (χ2n) is 4.83. The SMILES string of the molecule is Cc1nc2cc(NC(=O)c3ccc([N+](=O)[O-])c(O)c3)ccc2o1. The number of benzene rings is 2. The number of hydrogen-bond acceptors (Lipinski definition) is 6. The molecule has 2 aromatic carbocycles. The first-order valence-electron chi connectivity index (χ1n) is 6.60. The van der Waals surface area contributed by atoms with Crippen molar-refractivity contribution in [2.75, 3.05) is 5.32 Å². The quantitative estimate of drug-likeness (QED) is 0.566. The van der Waals surface area contributed by atoms with Crippen LogP contribution in [0.15, 0.2) is 40.8 Å². The number of carbonyl (C=O) groups is 1. The second kappa shape index (κ2) is 5.41. The van der Waals surface area contributed by atoms with Crippen molar-refractivity contribution in [1.29, 1.82) is 0 Å². The molecule has 8 nitrogen and oxygen atoms in total. The molecule has 1 amide bonds. The fraction of sp³-hybridized carbons (Fsp3) is 0.0667. The number of phenols is 1. The summed E-state index contributed by atoms with van der Waals surface area (Å²) >= 11 is 0. The number of rotatable bonds is 3. The number of oxazole rings is 1. The number of nitrogens with zero attached hydrogens (tertiary/aromatic N) is 2. The summed E-state index contributed by atoms with van der Waals surface area (Å²) in [6.07, 6.45) is 0. The molecule has 0 aliphatic carbocycles. The summed E-state index contributed by atoms with van der Waals surface area (Å²) in [6.45, 7) is 1.72. The third-order valence-corrected chi connectivity index (χ3v) is 3.19. The lowest BCUT2D eigenvalue weighted by Gasteiger charge is -2.05. The van der Waals surface area contributed by atoms with E-state index >= 15 is 0 Å². The number of aromatic nitrogens is 1. The summed E-state index contributed by atoms with van der Waals surface area (Å²) in [6, 6.07) is 8.37. The Hall–Kier alpha value is -3.42. The van der Waals surface area contributed by atoms with E-state index in [1.54, 1.807) is 25.1 Å². The Kier molecular flexibility index (Phi) is 3.41. The van der Waals surface area contributed by atoms with Crippen LogP contribution in [-0.2, 0) is 0 Å². The van der Waals surface area contributed by atoms with Gasteiger partial charge in [-0.3, -0.25) is 14.9 Å². The summed E-state index contributed by atoms with van der Waals surface area (Å²) in [7, 11) is 0. The van der Waals surface area contributed by atoms with Crippen LogP contribution in [0, 0.1) is 17.0 Å². The Morgan fingerprint density at radius 3 is 2.78 bits per heavy atom. The summed E-state index contributed by atoms with van der Waals surface area (Å²) in [5.41, 5.74) is 1.35. The molecule has 0 unspecified atom stereocenters. The molecule has 0 atom stereocenters. The topological polar surface area (TPSA) is 118 Å². The number of phenolic OH excluding ortho intramolecular Hbond substituents is 1. The predicted octanol–water partition coefficient (Wildman–Crippen LogP) is 3.00. The maximum absolute atomic E-state index is 12.2. The summed E-state index contributed by atoms with van der Waals surface area (Å²) in [4.78, 5) is 26.2. The first kappa shape index (κ1) is 14.5. The number of nitro benzene ring substituents is 1. The molecule has 0 spiro atoms. The fourth-order valence-electron chi connectivity index (χ4n) is 2.14. The molecule has 0 saturated carbocycles. The van der Waals surface area contributed by atoms with Crippen molar-refractivity contribution < 1.29 is 19.2 Å². The zero-order valence-corrected chi connectivity index (χ0v) is 11.9. The number of hydrogen-bond donors (Lipinski definition) is 2. The molecule has 0 aliphatic heterocycles. The number of aryl methyl sites for hydroxylation is 1. The zero-order chi connectivity index (χ0) is 16.6. The highest BCUT2D eigenvalue weighted by Crippen LogP contribution is 2.27. The summed E-state index contributed by atoms with van der Waals surface area (Å²) in [5.74, 6) is -0.552. The van der Waals surface area contributed by atoms with Gasteiger partial charge in [0.1, 0.15) is 5.52 Å². The van der Waals surface area contributed by atoms with Gasteiger partial charge in [-0.05, 0) is 30.3 Å². The normalized spacial score (nSPS) is 10.7. The van der Waals surface area contributed by atoms with E-state index in [1.165, 1.54) is 6.07 Å². The molecule has 8 heteroatoms. The molecule has 116 valence electrons. The van der Waals surface area contributed by atoms with Gasteiger partial charge in [0.2, 0.25) is 0 Å². The number of fused-ring (bicyclic) bond motifs is 1. The minimum Gasteiger partial charge on any atom is -0.502 e. The van der Waals surface area contributed by atoms with Crippen molar-refractivity contribution in [3.63, 3.8) is 0 Å². The van der Waals surface area contributed by atoms with Crippen LogP contribution in [0.5, 0.6) is 5.75 Å². The van der Waals surface area contributed by atoms with Crippen molar-refractivity contribution in [2.24, 2.45) is 0 Å². The molecule has 3 rings (SSSR count). The number of anilines is 1. The first-order valence-corrected chi connectivity index (χ1v) is 6.60. The smallest absolute Gasteiger partial charge is 0.310 e. The monoisotopic (exact) mass is 313 g/mol. The molecule has 3 aromatic rings. The Morgan fingerprint density at radius 2 is 2.09 bits per heavy atom. The molecule has 0 bridgehead atoms.